The maximum atomic E-state index is 11.3. The number of ketones is 1. The third-order valence-electron chi connectivity index (χ3n) is 2.50. The van der Waals surface area contributed by atoms with Crippen LogP contribution in [0, 0.1) is 5.92 Å². The molecule has 1 amide bonds. The summed E-state index contributed by atoms with van der Waals surface area (Å²) in [4.78, 5) is 21.8. The van der Waals surface area contributed by atoms with Gasteiger partial charge in [0.2, 0.25) is 5.91 Å². The number of carbonyl (C=O) groups excluding carboxylic acids is 2. The highest BCUT2D eigenvalue weighted by Gasteiger charge is 2.05. The van der Waals surface area contributed by atoms with Crippen LogP contribution in [0.1, 0.15) is 27.2 Å². The SMILES string of the molecule is CC(=O)NCCOCCOCCOCCC(=O)C(C)C. The highest BCUT2D eigenvalue weighted by Crippen LogP contribution is 1.98. The lowest BCUT2D eigenvalue weighted by atomic mass is 10.1. The Kier molecular flexibility index (Phi) is 12.4. The smallest absolute Gasteiger partial charge is 0.216 e. The van der Waals surface area contributed by atoms with Crippen molar-refractivity contribution >= 4 is 11.7 Å². The van der Waals surface area contributed by atoms with Crippen molar-refractivity contribution in [2.75, 3.05) is 46.2 Å². The number of ether oxygens (including phenoxy) is 3. The van der Waals surface area contributed by atoms with Crippen LogP contribution in [-0.2, 0) is 23.8 Å². The average Bonchev–Trinajstić information content (AvgIpc) is 2.39. The summed E-state index contributed by atoms with van der Waals surface area (Å²) in [5, 5.41) is 2.64. The van der Waals surface area contributed by atoms with Gasteiger partial charge in [0, 0.05) is 25.8 Å². The van der Waals surface area contributed by atoms with Crippen molar-refractivity contribution in [2.24, 2.45) is 5.92 Å². The quantitative estimate of drug-likeness (QED) is 0.507. The molecular formula is C14H27NO5. The molecule has 118 valence electrons. The third-order valence-corrected chi connectivity index (χ3v) is 2.50. The van der Waals surface area contributed by atoms with Crippen LogP contribution in [0.3, 0.4) is 0 Å². The second kappa shape index (κ2) is 13.0. The summed E-state index contributed by atoms with van der Waals surface area (Å²) in [6, 6.07) is 0. The van der Waals surface area contributed by atoms with Gasteiger partial charge in [0.25, 0.3) is 0 Å². The van der Waals surface area contributed by atoms with Gasteiger partial charge in [-0.1, -0.05) is 13.8 Å². The average molecular weight is 289 g/mol. The van der Waals surface area contributed by atoms with Crippen molar-refractivity contribution in [1.82, 2.24) is 5.32 Å². The second-order valence-corrected chi connectivity index (χ2v) is 4.69. The highest BCUT2D eigenvalue weighted by atomic mass is 16.5. The Morgan fingerprint density at radius 2 is 1.40 bits per heavy atom. The molecule has 0 heterocycles. The van der Waals surface area contributed by atoms with Gasteiger partial charge in [0.1, 0.15) is 5.78 Å². The van der Waals surface area contributed by atoms with Gasteiger partial charge in [-0.05, 0) is 0 Å². The molecular weight excluding hydrogens is 262 g/mol. The fourth-order valence-corrected chi connectivity index (χ4v) is 1.30. The summed E-state index contributed by atoms with van der Waals surface area (Å²) >= 11 is 0. The summed E-state index contributed by atoms with van der Waals surface area (Å²) in [6.45, 7) is 8.65. The van der Waals surface area contributed by atoms with E-state index in [4.69, 9.17) is 14.2 Å². The van der Waals surface area contributed by atoms with Gasteiger partial charge in [-0.25, -0.2) is 0 Å². The van der Waals surface area contributed by atoms with E-state index in [0.717, 1.165) is 0 Å². The molecule has 0 unspecified atom stereocenters. The Morgan fingerprint density at radius 1 is 0.900 bits per heavy atom. The van der Waals surface area contributed by atoms with Crippen molar-refractivity contribution in [3.63, 3.8) is 0 Å². The van der Waals surface area contributed by atoms with E-state index < -0.39 is 0 Å². The maximum Gasteiger partial charge on any atom is 0.216 e. The van der Waals surface area contributed by atoms with Gasteiger partial charge in [-0.2, -0.15) is 0 Å². The third kappa shape index (κ3) is 13.5. The Labute approximate surface area is 121 Å². The first kappa shape index (κ1) is 19.0. The van der Waals surface area contributed by atoms with Crippen molar-refractivity contribution in [2.45, 2.75) is 27.2 Å². The zero-order valence-electron chi connectivity index (χ0n) is 12.8. The normalized spacial score (nSPS) is 10.8. The molecule has 6 heteroatoms. The lowest BCUT2D eigenvalue weighted by Gasteiger charge is -2.07. The minimum absolute atomic E-state index is 0.0575. The van der Waals surface area contributed by atoms with E-state index in [2.05, 4.69) is 5.32 Å². The predicted octanol–water partition coefficient (Wildman–Crippen LogP) is 0.787. The molecule has 0 atom stereocenters. The van der Waals surface area contributed by atoms with Crippen LogP contribution >= 0.6 is 0 Å². The molecule has 0 aromatic carbocycles. The number of nitrogens with one attached hydrogen (secondary N) is 1. The highest BCUT2D eigenvalue weighted by molar-refractivity contribution is 5.80. The van der Waals surface area contributed by atoms with Gasteiger partial charge < -0.3 is 19.5 Å². The molecule has 0 bridgehead atoms. The minimum Gasteiger partial charge on any atom is -0.379 e. The number of carbonyl (C=O) groups is 2. The van der Waals surface area contributed by atoms with Crippen LogP contribution in [-0.4, -0.2) is 57.9 Å². The van der Waals surface area contributed by atoms with E-state index >= 15 is 0 Å². The fraction of sp³-hybridized carbons (Fsp3) is 0.857. The molecule has 0 saturated carbocycles. The lowest BCUT2D eigenvalue weighted by molar-refractivity contribution is -0.123. The molecule has 0 fully saturated rings. The van der Waals surface area contributed by atoms with Crippen molar-refractivity contribution in [1.29, 1.82) is 0 Å². The second-order valence-electron chi connectivity index (χ2n) is 4.69. The van der Waals surface area contributed by atoms with Crippen molar-refractivity contribution in [3.05, 3.63) is 0 Å². The number of hydrogen-bond donors (Lipinski definition) is 1. The number of rotatable bonds is 13. The molecule has 0 aliphatic rings. The fourth-order valence-electron chi connectivity index (χ4n) is 1.30. The van der Waals surface area contributed by atoms with Gasteiger partial charge in [0.15, 0.2) is 0 Å². The van der Waals surface area contributed by atoms with Gasteiger partial charge in [-0.15, -0.1) is 0 Å². The molecule has 0 aliphatic carbocycles. The summed E-state index contributed by atoms with van der Waals surface area (Å²) in [5.74, 6) is 0.237. The summed E-state index contributed by atoms with van der Waals surface area (Å²) in [6.07, 6.45) is 0.462. The molecule has 1 N–H and O–H groups in total. The van der Waals surface area contributed by atoms with Crippen LogP contribution in [0.15, 0.2) is 0 Å². The van der Waals surface area contributed by atoms with Crippen LogP contribution in [0.4, 0.5) is 0 Å². The van der Waals surface area contributed by atoms with Crippen molar-refractivity contribution < 1.29 is 23.8 Å². The topological polar surface area (TPSA) is 73.9 Å². The summed E-state index contributed by atoms with van der Waals surface area (Å²) < 4.78 is 15.8. The zero-order chi connectivity index (χ0) is 15.2. The molecule has 0 radical (unpaired) electrons. The van der Waals surface area contributed by atoms with Crippen LogP contribution in [0.5, 0.6) is 0 Å². The van der Waals surface area contributed by atoms with Crippen LogP contribution < -0.4 is 5.32 Å². The Morgan fingerprint density at radius 3 is 1.90 bits per heavy atom. The van der Waals surface area contributed by atoms with E-state index in [1.165, 1.54) is 6.92 Å². The monoisotopic (exact) mass is 289 g/mol. The number of amides is 1. The van der Waals surface area contributed by atoms with Crippen molar-refractivity contribution in [3.8, 4) is 0 Å². The van der Waals surface area contributed by atoms with Gasteiger partial charge in [-0.3, -0.25) is 9.59 Å². The first-order valence-corrected chi connectivity index (χ1v) is 7.04. The van der Waals surface area contributed by atoms with Gasteiger partial charge >= 0.3 is 0 Å². The van der Waals surface area contributed by atoms with Crippen LogP contribution in [0.25, 0.3) is 0 Å². The van der Waals surface area contributed by atoms with E-state index in [-0.39, 0.29) is 17.6 Å². The predicted molar refractivity (Wildman–Crippen MR) is 75.6 cm³/mol. The first-order chi connectivity index (χ1) is 9.54. The molecule has 6 nitrogen and oxygen atoms in total. The zero-order valence-corrected chi connectivity index (χ0v) is 12.8. The van der Waals surface area contributed by atoms with E-state index in [1.807, 2.05) is 13.8 Å². The molecule has 0 aliphatic heterocycles. The summed E-state index contributed by atoms with van der Waals surface area (Å²) in [5.41, 5.74) is 0. The molecule has 20 heavy (non-hydrogen) atoms. The standard InChI is InChI=1S/C14H27NO5/c1-12(2)14(17)4-6-18-8-10-20-11-9-19-7-5-15-13(3)16/h12H,4-11H2,1-3H3,(H,15,16). The Bertz CT molecular complexity index is 268. The van der Waals surface area contributed by atoms with Crippen LogP contribution in [0.2, 0.25) is 0 Å². The molecule has 0 saturated heterocycles. The Hall–Kier alpha value is -0.980. The molecule has 0 aromatic heterocycles. The lowest BCUT2D eigenvalue weighted by Crippen LogP contribution is -2.25. The van der Waals surface area contributed by atoms with E-state index in [0.29, 0.717) is 52.6 Å². The number of Topliss-reactive ketones (excluding diaryl/α,β-unsaturated/α-hetero) is 1. The van der Waals surface area contributed by atoms with E-state index in [1.54, 1.807) is 0 Å². The molecule has 0 spiro atoms. The minimum atomic E-state index is -0.0575. The largest absolute Gasteiger partial charge is 0.379 e. The first-order valence-electron chi connectivity index (χ1n) is 7.04. The summed E-state index contributed by atoms with van der Waals surface area (Å²) in [7, 11) is 0. The molecule has 0 aromatic rings. The Balaban J connectivity index is 3.10. The molecule has 0 rings (SSSR count). The van der Waals surface area contributed by atoms with E-state index in [9.17, 15) is 9.59 Å². The maximum absolute atomic E-state index is 11.3. The number of hydrogen-bond acceptors (Lipinski definition) is 5. The van der Waals surface area contributed by atoms with Gasteiger partial charge in [0.05, 0.1) is 39.6 Å².